The molecule has 0 aromatic carbocycles. The second kappa shape index (κ2) is 5.09. The van der Waals surface area contributed by atoms with Gasteiger partial charge in [0.05, 0.1) is 18.1 Å². The molecule has 1 rings (SSSR count). The Morgan fingerprint density at radius 2 is 2.46 bits per heavy atom. The van der Waals surface area contributed by atoms with Crippen LogP contribution < -0.4 is 0 Å². The first-order valence-electron chi connectivity index (χ1n) is 4.09. The molecule has 1 N–H and O–H groups in total. The maximum absolute atomic E-state index is 11.5. The van der Waals surface area contributed by atoms with Crippen LogP contribution in [0.25, 0.3) is 0 Å². The van der Waals surface area contributed by atoms with Crippen LogP contribution in [0.15, 0.2) is 18.3 Å². The molecule has 0 aliphatic heterocycles. The van der Waals surface area contributed by atoms with Crippen molar-refractivity contribution in [1.82, 2.24) is 4.57 Å². The first kappa shape index (κ1) is 10.3. The molecule has 0 atom stereocenters. The van der Waals surface area contributed by atoms with Crippen LogP contribution >= 0.6 is 11.8 Å². The molecule has 72 valence electrons. The molecule has 0 spiro atoms. The summed E-state index contributed by atoms with van der Waals surface area (Å²) in [5.74, 6) is 1.18. The molecule has 0 fully saturated rings. The Kier molecular flexibility index (Phi) is 4.05. The second-order valence-electron chi connectivity index (χ2n) is 2.70. The van der Waals surface area contributed by atoms with Gasteiger partial charge in [0.25, 0.3) is 0 Å². The van der Waals surface area contributed by atoms with Crippen LogP contribution in [0, 0.1) is 0 Å². The fraction of sp³-hybridized carbons (Fsp3) is 0.444. The van der Waals surface area contributed by atoms with Crippen LogP contribution in [0.2, 0.25) is 0 Å². The molecule has 4 heteroatoms. The number of thioether (sulfide) groups is 1. The summed E-state index contributed by atoms with van der Waals surface area (Å²) in [6.07, 6.45) is 1.85. The second-order valence-corrected chi connectivity index (χ2v) is 3.81. The molecule has 0 saturated carbocycles. The topological polar surface area (TPSA) is 42.2 Å². The number of Topliss-reactive ketones (excluding diaryl/α,β-unsaturated/α-hetero) is 1. The number of aliphatic hydroxyl groups is 1. The number of aromatic nitrogens is 1. The van der Waals surface area contributed by atoms with Crippen LogP contribution in [0.4, 0.5) is 0 Å². The predicted molar refractivity (Wildman–Crippen MR) is 54.2 cm³/mol. The highest BCUT2D eigenvalue weighted by Gasteiger charge is 2.07. The number of aliphatic hydroxyl groups excluding tert-OH is 1. The van der Waals surface area contributed by atoms with Crippen LogP contribution in [-0.4, -0.2) is 33.6 Å². The zero-order valence-electron chi connectivity index (χ0n) is 7.56. The lowest BCUT2D eigenvalue weighted by atomic mass is 10.3. The van der Waals surface area contributed by atoms with Crippen molar-refractivity contribution >= 4 is 17.5 Å². The van der Waals surface area contributed by atoms with E-state index in [1.807, 2.05) is 29.9 Å². The van der Waals surface area contributed by atoms with Gasteiger partial charge in [0.2, 0.25) is 0 Å². The Balaban J connectivity index is 2.45. The lowest BCUT2D eigenvalue weighted by Gasteiger charge is -2.01. The molecule has 0 bridgehead atoms. The number of nitrogens with zero attached hydrogens (tertiary/aromatic N) is 1. The Labute approximate surface area is 81.8 Å². The third-order valence-corrected chi connectivity index (χ3v) is 2.64. The summed E-state index contributed by atoms with van der Waals surface area (Å²) in [4.78, 5) is 11.5. The van der Waals surface area contributed by atoms with Crippen molar-refractivity contribution in [2.45, 2.75) is 0 Å². The van der Waals surface area contributed by atoms with Crippen molar-refractivity contribution in [1.29, 1.82) is 0 Å². The SMILES string of the molecule is Cn1cccc1C(=O)CSCCO. The maximum Gasteiger partial charge on any atom is 0.189 e. The minimum atomic E-state index is 0.117. The molecule has 0 radical (unpaired) electrons. The summed E-state index contributed by atoms with van der Waals surface area (Å²) >= 11 is 1.46. The van der Waals surface area contributed by atoms with E-state index < -0.39 is 0 Å². The van der Waals surface area contributed by atoms with Gasteiger partial charge in [-0.2, -0.15) is 11.8 Å². The zero-order valence-corrected chi connectivity index (χ0v) is 8.38. The predicted octanol–water partition coefficient (Wildman–Crippen LogP) is 0.933. The molecule has 13 heavy (non-hydrogen) atoms. The van der Waals surface area contributed by atoms with Crippen molar-refractivity contribution in [3.63, 3.8) is 0 Å². The van der Waals surface area contributed by atoms with E-state index in [4.69, 9.17) is 5.11 Å². The Morgan fingerprint density at radius 3 is 3.00 bits per heavy atom. The fourth-order valence-corrected chi connectivity index (χ4v) is 1.66. The molecular formula is C9H13NO2S. The summed E-state index contributed by atoms with van der Waals surface area (Å²) in [7, 11) is 1.85. The van der Waals surface area contributed by atoms with Crippen LogP contribution in [0.5, 0.6) is 0 Å². The maximum atomic E-state index is 11.5. The average molecular weight is 199 g/mol. The smallest absolute Gasteiger partial charge is 0.189 e. The Bertz CT molecular complexity index is 283. The monoisotopic (exact) mass is 199 g/mol. The highest BCUT2D eigenvalue weighted by atomic mass is 32.2. The third kappa shape index (κ3) is 2.90. The van der Waals surface area contributed by atoms with E-state index >= 15 is 0 Å². The number of aryl methyl sites for hydroxylation is 1. The van der Waals surface area contributed by atoms with Gasteiger partial charge in [0, 0.05) is 19.0 Å². The fourth-order valence-electron chi connectivity index (χ4n) is 1.05. The standard InChI is InChI=1S/C9H13NO2S/c1-10-4-2-3-8(10)9(12)7-13-6-5-11/h2-4,11H,5-7H2,1H3. The molecule has 0 aliphatic rings. The van der Waals surface area contributed by atoms with Gasteiger partial charge >= 0.3 is 0 Å². The lowest BCUT2D eigenvalue weighted by molar-refractivity contribution is 0.101. The molecule has 1 heterocycles. The number of hydrogen-bond acceptors (Lipinski definition) is 3. The van der Waals surface area contributed by atoms with Crippen LogP contribution in [-0.2, 0) is 7.05 Å². The van der Waals surface area contributed by atoms with Crippen LogP contribution in [0.3, 0.4) is 0 Å². The summed E-state index contributed by atoms with van der Waals surface area (Å²) < 4.78 is 1.81. The largest absolute Gasteiger partial charge is 0.396 e. The molecular weight excluding hydrogens is 186 g/mol. The number of rotatable bonds is 5. The molecule has 0 unspecified atom stereocenters. The van der Waals surface area contributed by atoms with Crippen molar-refractivity contribution in [2.24, 2.45) is 7.05 Å². The quantitative estimate of drug-likeness (QED) is 0.566. The minimum Gasteiger partial charge on any atom is -0.396 e. The number of hydrogen-bond donors (Lipinski definition) is 1. The number of carbonyl (C=O) groups excluding carboxylic acids is 1. The van der Waals surface area contributed by atoms with Crippen molar-refractivity contribution in [3.05, 3.63) is 24.0 Å². The lowest BCUT2D eigenvalue weighted by Crippen LogP contribution is -2.08. The van der Waals surface area contributed by atoms with E-state index in [0.717, 1.165) is 5.69 Å². The van der Waals surface area contributed by atoms with E-state index in [-0.39, 0.29) is 12.4 Å². The van der Waals surface area contributed by atoms with Gasteiger partial charge in [-0.1, -0.05) is 0 Å². The van der Waals surface area contributed by atoms with Crippen molar-refractivity contribution < 1.29 is 9.90 Å². The Hall–Kier alpha value is -0.740. The molecule has 1 aromatic rings. The molecule has 1 aromatic heterocycles. The summed E-state index contributed by atoms with van der Waals surface area (Å²) in [6, 6.07) is 3.66. The number of ketones is 1. The molecule has 0 saturated heterocycles. The molecule has 0 amide bonds. The zero-order chi connectivity index (χ0) is 9.68. The van der Waals surface area contributed by atoms with Crippen molar-refractivity contribution in [3.8, 4) is 0 Å². The van der Waals surface area contributed by atoms with Gasteiger partial charge in [-0.25, -0.2) is 0 Å². The molecule has 0 aliphatic carbocycles. The van der Waals surface area contributed by atoms with E-state index in [1.54, 1.807) is 0 Å². The average Bonchev–Trinajstić information content (AvgIpc) is 2.52. The van der Waals surface area contributed by atoms with Gasteiger partial charge in [0.15, 0.2) is 5.78 Å². The van der Waals surface area contributed by atoms with E-state index in [1.165, 1.54) is 11.8 Å². The molecule has 3 nitrogen and oxygen atoms in total. The highest BCUT2D eigenvalue weighted by molar-refractivity contribution is 8.00. The van der Waals surface area contributed by atoms with Gasteiger partial charge in [0.1, 0.15) is 0 Å². The first-order chi connectivity index (χ1) is 6.25. The van der Waals surface area contributed by atoms with E-state index in [0.29, 0.717) is 11.5 Å². The van der Waals surface area contributed by atoms with Crippen LogP contribution in [0.1, 0.15) is 10.5 Å². The van der Waals surface area contributed by atoms with E-state index in [9.17, 15) is 4.79 Å². The van der Waals surface area contributed by atoms with Crippen molar-refractivity contribution in [2.75, 3.05) is 18.1 Å². The number of carbonyl (C=O) groups is 1. The van der Waals surface area contributed by atoms with E-state index in [2.05, 4.69) is 0 Å². The Morgan fingerprint density at radius 1 is 1.69 bits per heavy atom. The summed E-state index contributed by atoms with van der Waals surface area (Å²) in [5.41, 5.74) is 0.727. The minimum absolute atomic E-state index is 0.117. The summed E-state index contributed by atoms with van der Waals surface area (Å²) in [5, 5.41) is 8.53. The highest BCUT2D eigenvalue weighted by Crippen LogP contribution is 2.06. The third-order valence-electron chi connectivity index (χ3n) is 1.70. The summed E-state index contributed by atoms with van der Waals surface area (Å²) in [6.45, 7) is 0.130. The van der Waals surface area contributed by atoms with Gasteiger partial charge in [-0.3, -0.25) is 4.79 Å². The normalized spacial score (nSPS) is 10.3. The van der Waals surface area contributed by atoms with Gasteiger partial charge in [-0.15, -0.1) is 0 Å². The first-order valence-corrected chi connectivity index (χ1v) is 5.24. The van der Waals surface area contributed by atoms with Gasteiger partial charge in [-0.05, 0) is 12.1 Å². The van der Waals surface area contributed by atoms with Gasteiger partial charge < -0.3 is 9.67 Å².